The van der Waals surface area contributed by atoms with Crippen LogP contribution in [0, 0.1) is 11.7 Å². The van der Waals surface area contributed by atoms with E-state index in [1.165, 1.54) is 12.1 Å². The molecule has 0 bridgehead atoms. The molecule has 0 heterocycles. The van der Waals surface area contributed by atoms with Crippen LogP contribution in [0.5, 0.6) is 0 Å². The first-order chi connectivity index (χ1) is 12.2. The molecule has 4 amide bonds. The zero-order valence-corrected chi connectivity index (χ0v) is 14.8. The highest BCUT2D eigenvalue weighted by Gasteiger charge is 2.27. The van der Waals surface area contributed by atoms with Crippen molar-refractivity contribution >= 4 is 23.8 Å². The number of hydrogen-bond donors (Lipinski definition) is 3. The molecule has 0 aromatic heterocycles. The van der Waals surface area contributed by atoms with Gasteiger partial charge >= 0.3 is 12.0 Å². The Hall–Kier alpha value is -2.97. The Morgan fingerprint density at radius 3 is 2.27 bits per heavy atom. The van der Waals surface area contributed by atoms with Crippen LogP contribution in [0.2, 0.25) is 0 Å². The Kier molecular flexibility index (Phi) is 8.20. The maximum Gasteiger partial charge on any atom is 0.329 e. The topological polar surface area (TPSA) is 114 Å². The van der Waals surface area contributed by atoms with Crippen LogP contribution in [0.3, 0.4) is 0 Å². The standard InChI is InChI=1S/C17H22FN3O5/c1-4-19-17(25)20-13(22)9-26-16(24)14(10(2)3)21-15(23)11-5-7-12(18)8-6-11/h5-8,10,14H,4,9H2,1-3H3,(H,21,23)(H2,19,20,22,25)/t14-/m0/s1. The van der Waals surface area contributed by atoms with Gasteiger partial charge in [0.1, 0.15) is 11.9 Å². The minimum atomic E-state index is -1.01. The summed E-state index contributed by atoms with van der Waals surface area (Å²) in [4.78, 5) is 47.0. The molecule has 1 rings (SSSR count). The lowest BCUT2D eigenvalue weighted by atomic mass is 10.0. The van der Waals surface area contributed by atoms with E-state index in [4.69, 9.17) is 4.74 Å². The summed E-state index contributed by atoms with van der Waals surface area (Å²) in [5.41, 5.74) is 0.179. The third kappa shape index (κ3) is 6.88. The van der Waals surface area contributed by atoms with Crippen LogP contribution in [0.4, 0.5) is 9.18 Å². The second kappa shape index (κ2) is 10.1. The van der Waals surface area contributed by atoms with Crippen molar-refractivity contribution in [2.75, 3.05) is 13.2 Å². The highest BCUT2D eigenvalue weighted by molar-refractivity contribution is 5.98. The van der Waals surface area contributed by atoms with Gasteiger partial charge in [-0.15, -0.1) is 0 Å². The average molecular weight is 367 g/mol. The lowest BCUT2D eigenvalue weighted by Gasteiger charge is -2.20. The highest BCUT2D eigenvalue weighted by Crippen LogP contribution is 2.08. The molecular formula is C17H22FN3O5. The fourth-order valence-corrected chi connectivity index (χ4v) is 1.92. The number of amides is 4. The number of ether oxygens (including phenoxy) is 1. The Labute approximate surface area is 150 Å². The number of carbonyl (C=O) groups is 4. The average Bonchev–Trinajstić information content (AvgIpc) is 2.57. The van der Waals surface area contributed by atoms with Crippen molar-refractivity contribution in [1.82, 2.24) is 16.0 Å². The fraction of sp³-hybridized carbons (Fsp3) is 0.412. The van der Waals surface area contributed by atoms with E-state index in [0.717, 1.165) is 12.1 Å². The summed E-state index contributed by atoms with van der Waals surface area (Å²) in [6.45, 7) is 4.73. The van der Waals surface area contributed by atoms with Crippen LogP contribution in [-0.4, -0.2) is 43.0 Å². The van der Waals surface area contributed by atoms with Gasteiger partial charge < -0.3 is 15.4 Å². The SMILES string of the molecule is CCNC(=O)NC(=O)COC(=O)[C@@H](NC(=O)c1ccc(F)cc1)C(C)C. The van der Waals surface area contributed by atoms with Gasteiger partial charge in [-0.1, -0.05) is 13.8 Å². The predicted molar refractivity (Wildman–Crippen MR) is 90.7 cm³/mol. The van der Waals surface area contributed by atoms with E-state index < -0.39 is 42.3 Å². The van der Waals surface area contributed by atoms with Crippen molar-refractivity contribution in [1.29, 1.82) is 0 Å². The molecule has 9 heteroatoms. The summed E-state index contributed by atoms with van der Waals surface area (Å²) in [5, 5.41) is 6.84. The highest BCUT2D eigenvalue weighted by atomic mass is 19.1. The number of urea groups is 1. The number of carbonyl (C=O) groups excluding carboxylic acids is 4. The molecule has 0 fully saturated rings. The summed E-state index contributed by atoms with van der Waals surface area (Å²) < 4.78 is 17.8. The molecule has 0 aliphatic carbocycles. The number of imide groups is 1. The molecule has 0 spiro atoms. The van der Waals surface area contributed by atoms with Crippen LogP contribution in [0.1, 0.15) is 31.1 Å². The van der Waals surface area contributed by atoms with Crippen LogP contribution in [0.15, 0.2) is 24.3 Å². The van der Waals surface area contributed by atoms with E-state index in [-0.39, 0.29) is 11.5 Å². The third-order valence-electron chi connectivity index (χ3n) is 3.25. The van der Waals surface area contributed by atoms with Gasteiger partial charge in [-0.05, 0) is 37.1 Å². The van der Waals surface area contributed by atoms with Gasteiger partial charge in [-0.2, -0.15) is 0 Å². The molecule has 1 aromatic carbocycles. The van der Waals surface area contributed by atoms with Crippen molar-refractivity contribution in [3.05, 3.63) is 35.6 Å². The molecular weight excluding hydrogens is 345 g/mol. The van der Waals surface area contributed by atoms with Crippen molar-refractivity contribution in [2.45, 2.75) is 26.8 Å². The molecule has 1 atom stereocenters. The summed E-state index contributed by atoms with van der Waals surface area (Å²) in [6, 6.07) is 3.12. The Morgan fingerprint density at radius 2 is 1.73 bits per heavy atom. The minimum absolute atomic E-state index is 0.179. The van der Waals surface area contributed by atoms with Gasteiger partial charge in [0.15, 0.2) is 6.61 Å². The smallest absolute Gasteiger partial charge is 0.329 e. The largest absolute Gasteiger partial charge is 0.454 e. The number of hydrogen-bond acceptors (Lipinski definition) is 5. The summed E-state index contributed by atoms with van der Waals surface area (Å²) in [7, 11) is 0. The fourth-order valence-electron chi connectivity index (χ4n) is 1.92. The zero-order chi connectivity index (χ0) is 19.7. The minimum Gasteiger partial charge on any atom is -0.454 e. The Balaban J connectivity index is 2.61. The first-order valence-corrected chi connectivity index (χ1v) is 8.05. The molecule has 0 aliphatic heterocycles. The molecule has 0 radical (unpaired) electrons. The lowest BCUT2D eigenvalue weighted by molar-refractivity contribution is -0.151. The second-order valence-corrected chi connectivity index (χ2v) is 5.72. The first kappa shape index (κ1) is 21.1. The van der Waals surface area contributed by atoms with Gasteiger partial charge in [0, 0.05) is 12.1 Å². The number of esters is 1. The van der Waals surface area contributed by atoms with Gasteiger partial charge in [-0.25, -0.2) is 14.0 Å². The van der Waals surface area contributed by atoms with Gasteiger partial charge in [0.2, 0.25) is 0 Å². The van der Waals surface area contributed by atoms with Crippen LogP contribution < -0.4 is 16.0 Å². The molecule has 3 N–H and O–H groups in total. The summed E-state index contributed by atoms with van der Waals surface area (Å²) >= 11 is 0. The van der Waals surface area contributed by atoms with Crippen LogP contribution >= 0.6 is 0 Å². The molecule has 1 aromatic rings. The Bertz CT molecular complexity index is 661. The van der Waals surface area contributed by atoms with E-state index in [1.54, 1.807) is 20.8 Å². The monoisotopic (exact) mass is 367 g/mol. The van der Waals surface area contributed by atoms with Gasteiger partial charge in [-0.3, -0.25) is 14.9 Å². The molecule has 0 aliphatic rings. The zero-order valence-electron chi connectivity index (χ0n) is 14.8. The second-order valence-electron chi connectivity index (χ2n) is 5.72. The van der Waals surface area contributed by atoms with Crippen molar-refractivity contribution in [3.63, 3.8) is 0 Å². The Morgan fingerprint density at radius 1 is 1.12 bits per heavy atom. The van der Waals surface area contributed by atoms with Crippen LogP contribution in [-0.2, 0) is 14.3 Å². The number of nitrogens with one attached hydrogen (secondary N) is 3. The van der Waals surface area contributed by atoms with Crippen molar-refractivity contribution < 1.29 is 28.3 Å². The van der Waals surface area contributed by atoms with E-state index >= 15 is 0 Å². The van der Waals surface area contributed by atoms with Crippen molar-refractivity contribution in [3.8, 4) is 0 Å². The molecule has 8 nitrogen and oxygen atoms in total. The summed E-state index contributed by atoms with van der Waals surface area (Å²) in [5.74, 6) is -3.00. The molecule has 0 saturated carbocycles. The normalized spacial score (nSPS) is 11.4. The predicted octanol–water partition coefficient (Wildman–Crippen LogP) is 0.969. The molecule has 0 unspecified atom stereocenters. The number of rotatable bonds is 7. The van der Waals surface area contributed by atoms with E-state index in [2.05, 4.69) is 10.6 Å². The third-order valence-corrected chi connectivity index (χ3v) is 3.25. The van der Waals surface area contributed by atoms with E-state index in [9.17, 15) is 23.6 Å². The molecule has 0 saturated heterocycles. The maximum absolute atomic E-state index is 12.9. The van der Waals surface area contributed by atoms with E-state index in [1.807, 2.05) is 5.32 Å². The van der Waals surface area contributed by atoms with Gasteiger partial charge in [0.05, 0.1) is 0 Å². The van der Waals surface area contributed by atoms with E-state index in [0.29, 0.717) is 6.54 Å². The first-order valence-electron chi connectivity index (χ1n) is 8.05. The van der Waals surface area contributed by atoms with Crippen molar-refractivity contribution in [2.24, 2.45) is 5.92 Å². The number of halogens is 1. The van der Waals surface area contributed by atoms with Gasteiger partial charge in [0.25, 0.3) is 11.8 Å². The molecule has 26 heavy (non-hydrogen) atoms. The maximum atomic E-state index is 12.9. The van der Waals surface area contributed by atoms with Crippen LogP contribution in [0.25, 0.3) is 0 Å². The number of benzene rings is 1. The quantitative estimate of drug-likeness (QED) is 0.622. The lowest BCUT2D eigenvalue weighted by Crippen LogP contribution is -2.47. The summed E-state index contributed by atoms with van der Waals surface area (Å²) in [6.07, 6.45) is 0. The molecule has 142 valence electrons.